The number of aromatic nitrogens is 1. The number of β-amino-alcohol motifs (C(OH)–C–C–N with tert-alkyl or cyclic N) is 1. The lowest BCUT2D eigenvalue weighted by molar-refractivity contribution is 0.0758. The summed E-state index contributed by atoms with van der Waals surface area (Å²) < 4.78 is 5.69. The van der Waals surface area contributed by atoms with Gasteiger partial charge < -0.3 is 19.6 Å². The summed E-state index contributed by atoms with van der Waals surface area (Å²) in [7, 11) is 3.80. The van der Waals surface area contributed by atoms with Gasteiger partial charge in [0.1, 0.15) is 17.0 Å². The first-order valence-corrected chi connectivity index (χ1v) is 7.46. The molecule has 0 radical (unpaired) electrons. The molecule has 1 aromatic rings. The Labute approximate surface area is 131 Å². The summed E-state index contributed by atoms with van der Waals surface area (Å²) in [5.41, 5.74) is 0.0680. The van der Waals surface area contributed by atoms with Gasteiger partial charge in [-0.15, -0.1) is 0 Å². The van der Waals surface area contributed by atoms with Crippen LogP contribution in [-0.2, 0) is 0 Å². The average Bonchev–Trinajstić information content (AvgIpc) is 2.79. The van der Waals surface area contributed by atoms with Crippen LogP contribution in [0.2, 0.25) is 0 Å². The van der Waals surface area contributed by atoms with Gasteiger partial charge in [-0.3, -0.25) is 4.79 Å². The van der Waals surface area contributed by atoms with Gasteiger partial charge in [0.05, 0.1) is 18.3 Å². The number of likely N-dealkylation sites (tertiary alicyclic amines) is 1. The number of carbonyl (C=O) groups excluding carboxylic acids is 1. The van der Waals surface area contributed by atoms with Crippen LogP contribution in [0.25, 0.3) is 0 Å². The van der Waals surface area contributed by atoms with Gasteiger partial charge in [-0.05, 0) is 47.0 Å². The summed E-state index contributed by atoms with van der Waals surface area (Å²) in [6.45, 7) is 6.72. The molecule has 1 amide bonds. The van der Waals surface area contributed by atoms with E-state index in [2.05, 4.69) is 4.98 Å². The number of pyridine rings is 1. The molecule has 0 saturated carbocycles. The van der Waals surface area contributed by atoms with Crippen molar-refractivity contribution in [3.05, 3.63) is 24.0 Å². The zero-order valence-electron chi connectivity index (χ0n) is 13.9. The minimum Gasteiger partial charge on any atom is -0.487 e. The van der Waals surface area contributed by atoms with Crippen molar-refractivity contribution in [2.24, 2.45) is 0 Å². The van der Waals surface area contributed by atoms with Crippen molar-refractivity contribution in [1.29, 1.82) is 0 Å². The second kappa shape index (κ2) is 6.22. The lowest BCUT2D eigenvalue weighted by Crippen LogP contribution is -2.38. The number of likely N-dealkylation sites (N-methyl/N-ethyl adjacent to an activating group) is 1. The highest BCUT2D eigenvalue weighted by Crippen LogP contribution is 2.19. The molecule has 1 aromatic heterocycles. The van der Waals surface area contributed by atoms with E-state index in [0.717, 1.165) is 0 Å². The summed E-state index contributed by atoms with van der Waals surface area (Å²) in [5.74, 6) is 0.474. The minimum atomic E-state index is -0.526. The van der Waals surface area contributed by atoms with Crippen LogP contribution < -0.4 is 4.74 Å². The monoisotopic (exact) mass is 307 g/mol. The Morgan fingerprint density at radius 1 is 1.36 bits per heavy atom. The molecule has 0 aromatic carbocycles. The highest BCUT2D eigenvalue weighted by molar-refractivity contribution is 5.92. The maximum absolute atomic E-state index is 12.5. The summed E-state index contributed by atoms with van der Waals surface area (Å²) >= 11 is 0. The van der Waals surface area contributed by atoms with E-state index in [4.69, 9.17) is 4.74 Å². The molecule has 122 valence electrons. The average molecular weight is 307 g/mol. The van der Waals surface area contributed by atoms with E-state index in [1.54, 1.807) is 23.2 Å². The third-order valence-electron chi connectivity index (χ3n) is 3.59. The molecule has 1 aliphatic heterocycles. The number of hydrogen-bond donors (Lipinski definition) is 1. The van der Waals surface area contributed by atoms with Gasteiger partial charge in [0.15, 0.2) is 0 Å². The van der Waals surface area contributed by atoms with E-state index < -0.39 is 6.10 Å². The molecular formula is C16H25N3O3. The van der Waals surface area contributed by atoms with E-state index in [0.29, 0.717) is 24.5 Å². The number of aliphatic hydroxyl groups is 1. The first-order chi connectivity index (χ1) is 10.2. The SMILES string of the molecule is CN(C)[C@H]1CN(C(=O)c2ccc(OC(C)(C)C)cn2)C[C@@H]1O. The summed E-state index contributed by atoms with van der Waals surface area (Å²) in [6.07, 6.45) is 1.04. The number of nitrogens with zero attached hydrogens (tertiary/aromatic N) is 3. The molecule has 0 spiro atoms. The van der Waals surface area contributed by atoms with Crippen molar-refractivity contribution in [3.63, 3.8) is 0 Å². The van der Waals surface area contributed by atoms with Crippen LogP contribution in [0.15, 0.2) is 18.3 Å². The summed E-state index contributed by atoms with van der Waals surface area (Å²) in [6, 6.07) is 3.38. The standard InChI is InChI=1S/C16H25N3O3/c1-16(2,3)22-11-6-7-12(17-8-11)15(21)19-9-13(18(4)5)14(20)10-19/h6-8,13-14,20H,9-10H2,1-5H3/t13-,14-/m0/s1. The Kier molecular flexibility index (Phi) is 4.72. The number of ether oxygens (including phenoxy) is 1. The fourth-order valence-corrected chi connectivity index (χ4v) is 2.53. The second-order valence-electron chi connectivity index (χ2n) is 6.90. The zero-order valence-corrected chi connectivity index (χ0v) is 13.9. The van der Waals surface area contributed by atoms with Crippen molar-refractivity contribution in [1.82, 2.24) is 14.8 Å². The molecule has 1 saturated heterocycles. The number of carbonyl (C=O) groups is 1. The summed E-state index contributed by atoms with van der Waals surface area (Å²) in [5, 5.41) is 10.0. The third-order valence-corrected chi connectivity index (χ3v) is 3.59. The zero-order chi connectivity index (χ0) is 16.5. The van der Waals surface area contributed by atoms with Crippen LogP contribution in [0.1, 0.15) is 31.3 Å². The molecule has 0 bridgehead atoms. The number of hydrogen-bond acceptors (Lipinski definition) is 5. The van der Waals surface area contributed by atoms with Gasteiger partial charge in [-0.25, -0.2) is 4.98 Å². The Morgan fingerprint density at radius 2 is 2.05 bits per heavy atom. The molecule has 6 heteroatoms. The molecule has 2 atom stereocenters. The van der Waals surface area contributed by atoms with Crippen LogP contribution in [0, 0.1) is 0 Å². The highest BCUT2D eigenvalue weighted by atomic mass is 16.5. The third kappa shape index (κ3) is 3.96. The largest absolute Gasteiger partial charge is 0.487 e. The molecule has 0 unspecified atom stereocenters. The van der Waals surface area contributed by atoms with Crippen molar-refractivity contribution >= 4 is 5.91 Å². The molecule has 1 fully saturated rings. The van der Waals surface area contributed by atoms with Crippen LogP contribution in [0.3, 0.4) is 0 Å². The van der Waals surface area contributed by atoms with E-state index in [1.165, 1.54) is 0 Å². The minimum absolute atomic E-state index is 0.0348. The van der Waals surface area contributed by atoms with Crippen LogP contribution in [0.4, 0.5) is 0 Å². The first-order valence-electron chi connectivity index (χ1n) is 7.46. The van der Waals surface area contributed by atoms with Crippen LogP contribution in [-0.4, -0.2) is 70.7 Å². The van der Waals surface area contributed by atoms with Gasteiger partial charge in [0.2, 0.25) is 0 Å². The van der Waals surface area contributed by atoms with Crippen molar-refractivity contribution in [3.8, 4) is 5.75 Å². The normalized spacial score (nSPS) is 22.2. The fourth-order valence-electron chi connectivity index (χ4n) is 2.53. The molecule has 22 heavy (non-hydrogen) atoms. The van der Waals surface area contributed by atoms with E-state index in [9.17, 15) is 9.90 Å². The van der Waals surface area contributed by atoms with Gasteiger partial charge in [-0.1, -0.05) is 0 Å². The maximum atomic E-state index is 12.5. The molecule has 2 heterocycles. The Hall–Kier alpha value is -1.66. The van der Waals surface area contributed by atoms with E-state index in [-0.39, 0.29) is 17.6 Å². The van der Waals surface area contributed by atoms with E-state index in [1.807, 2.05) is 39.8 Å². The van der Waals surface area contributed by atoms with Crippen LogP contribution >= 0.6 is 0 Å². The van der Waals surface area contributed by atoms with Crippen molar-refractivity contribution in [2.75, 3.05) is 27.2 Å². The lowest BCUT2D eigenvalue weighted by atomic mass is 10.2. The van der Waals surface area contributed by atoms with Gasteiger partial charge in [0, 0.05) is 13.1 Å². The molecule has 0 aliphatic carbocycles. The topological polar surface area (TPSA) is 65.9 Å². The Bertz CT molecular complexity index is 522. The van der Waals surface area contributed by atoms with Gasteiger partial charge in [-0.2, -0.15) is 0 Å². The lowest BCUT2D eigenvalue weighted by Gasteiger charge is -2.22. The van der Waals surface area contributed by atoms with Crippen LogP contribution in [0.5, 0.6) is 5.75 Å². The number of rotatable bonds is 3. The van der Waals surface area contributed by atoms with E-state index >= 15 is 0 Å². The van der Waals surface area contributed by atoms with Crippen molar-refractivity contribution in [2.45, 2.75) is 38.5 Å². The second-order valence-corrected chi connectivity index (χ2v) is 6.90. The highest BCUT2D eigenvalue weighted by Gasteiger charge is 2.35. The molecular weight excluding hydrogens is 282 g/mol. The molecule has 1 N–H and O–H groups in total. The Morgan fingerprint density at radius 3 is 2.50 bits per heavy atom. The predicted molar refractivity (Wildman–Crippen MR) is 84.0 cm³/mol. The van der Waals surface area contributed by atoms with Gasteiger partial charge in [0.25, 0.3) is 5.91 Å². The van der Waals surface area contributed by atoms with Gasteiger partial charge >= 0.3 is 0 Å². The fraction of sp³-hybridized carbons (Fsp3) is 0.625. The molecule has 2 rings (SSSR count). The molecule has 6 nitrogen and oxygen atoms in total. The quantitative estimate of drug-likeness (QED) is 0.902. The molecule has 1 aliphatic rings. The number of amides is 1. The Balaban J connectivity index is 2.05. The number of aliphatic hydroxyl groups excluding tert-OH is 1. The first kappa shape index (κ1) is 16.7. The predicted octanol–water partition coefficient (Wildman–Crippen LogP) is 1.01. The summed E-state index contributed by atoms with van der Waals surface area (Å²) in [4.78, 5) is 20.2. The van der Waals surface area contributed by atoms with Crippen molar-refractivity contribution < 1.29 is 14.6 Å². The maximum Gasteiger partial charge on any atom is 0.272 e. The smallest absolute Gasteiger partial charge is 0.272 e.